The van der Waals surface area contributed by atoms with Gasteiger partial charge >= 0.3 is 0 Å². The first-order chi connectivity index (χ1) is 5.63. The molecule has 12 heavy (non-hydrogen) atoms. The Morgan fingerprint density at radius 3 is 2.50 bits per heavy atom. The fourth-order valence-electron chi connectivity index (χ4n) is 1.44. The Balaban J connectivity index is 2.81. The first-order valence-corrected chi connectivity index (χ1v) is 4.08. The molecule has 1 aromatic heterocycles. The molecular formula is C9H16N2O. The van der Waals surface area contributed by atoms with Gasteiger partial charge in [-0.1, -0.05) is 0 Å². The zero-order chi connectivity index (χ0) is 9.14. The maximum absolute atomic E-state index is 5.83. The van der Waals surface area contributed by atoms with E-state index in [1.165, 1.54) is 0 Å². The van der Waals surface area contributed by atoms with E-state index in [2.05, 4.69) is 4.90 Å². The molecule has 0 spiro atoms. The van der Waals surface area contributed by atoms with Crippen molar-refractivity contribution < 1.29 is 4.42 Å². The second-order valence-corrected chi connectivity index (χ2v) is 3.28. The lowest BCUT2D eigenvalue weighted by atomic mass is 10.1. The van der Waals surface area contributed by atoms with E-state index in [1.54, 1.807) is 6.26 Å². The maximum Gasteiger partial charge on any atom is 0.122 e. The molecule has 0 aliphatic carbocycles. The van der Waals surface area contributed by atoms with Gasteiger partial charge in [0.05, 0.1) is 12.3 Å². The average molecular weight is 168 g/mol. The zero-order valence-corrected chi connectivity index (χ0v) is 7.82. The standard InChI is InChI=1S/C9H16N2O/c1-7(10)9(11(2)3)8-5-4-6-12-8/h4-7,9H,10H2,1-3H3. The number of nitrogens with two attached hydrogens (primary N) is 1. The van der Waals surface area contributed by atoms with Gasteiger partial charge in [-0.05, 0) is 33.2 Å². The molecule has 68 valence electrons. The van der Waals surface area contributed by atoms with Crippen LogP contribution in [-0.4, -0.2) is 25.0 Å². The summed E-state index contributed by atoms with van der Waals surface area (Å²) in [6.07, 6.45) is 1.67. The second kappa shape index (κ2) is 3.74. The minimum Gasteiger partial charge on any atom is -0.468 e. The number of likely N-dealkylation sites (N-methyl/N-ethyl adjacent to an activating group) is 1. The predicted octanol–water partition coefficient (Wildman–Crippen LogP) is 1.23. The van der Waals surface area contributed by atoms with Crippen molar-refractivity contribution in [2.75, 3.05) is 14.1 Å². The molecule has 0 fully saturated rings. The van der Waals surface area contributed by atoms with E-state index in [0.717, 1.165) is 5.76 Å². The summed E-state index contributed by atoms with van der Waals surface area (Å²) in [7, 11) is 3.99. The van der Waals surface area contributed by atoms with Gasteiger partial charge in [-0.2, -0.15) is 0 Å². The lowest BCUT2D eigenvalue weighted by Crippen LogP contribution is -2.34. The van der Waals surface area contributed by atoms with Crippen LogP contribution in [0.25, 0.3) is 0 Å². The van der Waals surface area contributed by atoms with Crippen LogP contribution in [0.15, 0.2) is 22.8 Å². The molecule has 0 aliphatic rings. The second-order valence-electron chi connectivity index (χ2n) is 3.28. The smallest absolute Gasteiger partial charge is 0.122 e. The Labute approximate surface area is 73.2 Å². The van der Waals surface area contributed by atoms with Crippen LogP contribution in [-0.2, 0) is 0 Å². The highest BCUT2D eigenvalue weighted by Crippen LogP contribution is 2.20. The van der Waals surface area contributed by atoms with Gasteiger partial charge in [-0.3, -0.25) is 4.90 Å². The molecule has 2 N–H and O–H groups in total. The Hall–Kier alpha value is -0.800. The Morgan fingerprint density at radius 2 is 2.17 bits per heavy atom. The average Bonchev–Trinajstić information content (AvgIpc) is 2.37. The monoisotopic (exact) mass is 168 g/mol. The van der Waals surface area contributed by atoms with Crippen molar-refractivity contribution in [1.82, 2.24) is 4.90 Å². The van der Waals surface area contributed by atoms with Crippen LogP contribution < -0.4 is 5.73 Å². The minimum atomic E-state index is 0.0751. The van der Waals surface area contributed by atoms with E-state index in [-0.39, 0.29) is 12.1 Å². The van der Waals surface area contributed by atoms with Crippen molar-refractivity contribution in [3.8, 4) is 0 Å². The topological polar surface area (TPSA) is 42.4 Å². The summed E-state index contributed by atoms with van der Waals surface area (Å²) in [4.78, 5) is 2.06. The summed E-state index contributed by atoms with van der Waals surface area (Å²) in [5.41, 5.74) is 5.83. The van der Waals surface area contributed by atoms with E-state index in [9.17, 15) is 0 Å². The number of hydrogen-bond acceptors (Lipinski definition) is 3. The SMILES string of the molecule is CC(N)C(c1ccco1)N(C)C. The summed E-state index contributed by atoms with van der Waals surface area (Å²) in [6, 6.07) is 4.08. The van der Waals surface area contributed by atoms with Crippen molar-refractivity contribution in [3.63, 3.8) is 0 Å². The predicted molar refractivity (Wildman–Crippen MR) is 48.8 cm³/mol. The Morgan fingerprint density at radius 1 is 1.50 bits per heavy atom. The van der Waals surface area contributed by atoms with Crippen LogP contribution in [0.5, 0.6) is 0 Å². The van der Waals surface area contributed by atoms with Gasteiger partial charge in [0.1, 0.15) is 5.76 Å². The highest BCUT2D eigenvalue weighted by molar-refractivity contribution is 5.06. The van der Waals surface area contributed by atoms with Crippen molar-refractivity contribution >= 4 is 0 Å². The summed E-state index contributed by atoms with van der Waals surface area (Å²) < 4.78 is 5.30. The summed E-state index contributed by atoms with van der Waals surface area (Å²) in [5, 5.41) is 0. The molecule has 0 saturated carbocycles. The van der Waals surface area contributed by atoms with Crippen LogP contribution >= 0.6 is 0 Å². The fraction of sp³-hybridized carbons (Fsp3) is 0.556. The van der Waals surface area contributed by atoms with Crippen molar-refractivity contribution in [3.05, 3.63) is 24.2 Å². The third-order valence-corrected chi connectivity index (χ3v) is 1.89. The van der Waals surface area contributed by atoms with E-state index >= 15 is 0 Å². The van der Waals surface area contributed by atoms with Crippen LogP contribution in [0.4, 0.5) is 0 Å². The molecule has 1 heterocycles. The molecule has 0 aliphatic heterocycles. The van der Waals surface area contributed by atoms with E-state index < -0.39 is 0 Å². The molecule has 1 aromatic rings. The Kier molecular flexibility index (Phi) is 2.89. The third kappa shape index (κ3) is 1.87. The maximum atomic E-state index is 5.83. The first kappa shape index (κ1) is 9.29. The molecule has 1 rings (SSSR count). The van der Waals surface area contributed by atoms with Crippen molar-refractivity contribution in [1.29, 1.82) is 0 Å². The third-order valence-electron chi connectivity index (χ3n) is 1.89. The molecule has 2 atom stereocenters. The highest BCUT2D eigenvalue weighted by atomic mass is 16.3. The van der Waals surface area contributed by atoms with Gasteiger partial charge in [0, 0.05) is 6.04 Å². The molecule has 0 bridgehead atoms. The Bertz CT molecular complexity index is 208. The quantitative estimate of drug-likeness (QED) is 0.738. The minimum absolute atomic E-state index is 0.0751. The molecule has 0 amide bonds. The lowest BCUT2D eigenvalue weighted by Gasteiger charge is -2.25. The van der Waals surface area contributed by atoms with Crippen LogP contribution in [0.3, 0.4) is 0 Å². The molecule has 0 radical (unpaired) electrons. The van der Waals surface area contributed by atoms with Gasteiger partial charge in [0.15, 0.2) is 0 Å². The van der Waals surface area contributed by atoms with E-state index in [0.29, 0.717) is 0 Å². The van der Waals surface area contributed by atoms with Crippen LogP contribution in [0, 0.1) is 0 Å². The van der Waals surface area contributed by atoms with Gasteiger partial charge in [-0.25, -0.2) is 0 Å². The van der Waals surface area contributed by atoms with Gasteiger partial charge < -0.3 is 10.2 Å². The molecule has 0 saturated heterocycles. The van der Waals surface area contributed by atoms with Gasteiger partial charge in [0.25, 0.3) is 0 Å². The lowest BCUT2D eigenvalue weighted by molar-refractivity contribution is 0.230. The summed E-state index contributed by atoms with van der Waals surface area (Å²) >= 11 is 0. The molecule has 3 heteroatoms. The number of furan rings is 1. The van der Waals surface area contributed by atoms with E-state index in [4.69, 9.17) is 10.2 Å². The molecule has 3 nitrogen and oxygen atoms in total. The normalized spacial score (nSPS) is 16.4. The number of rotatable bonds is 3. The molecular weight excluding hydrogens is 152 g/mol. The van der Waals surface area contributed by atoms with Crippen molar-refractivity contribution in [2.45, 2.75) is 19.0 Å². The largest absolute Gasteiger partial charge is 0.468 e. The zero-order valence-electron chi connectivity index (χ0n) is 7.82. The molecule has 2 unspecified atom stereocenters. The van der Waals surface area contributed by atoms with Crippen molar-refractivity contribution in [2.24, 2.45) is 5.73 Å². The summed E-state index contributed by atoms with van der Waals surface area (Å²) in [6.45, 7) is 1.98. The highest BCUT2D eigenvalue weighted by Gasteiger charge is 2.20. The summed E-state index contributed by atoms with van der Waals surface area (Å²) in [5.74, 6) is 0.926. The number of nitrogens with zero attached hydrogens (tertiary/aromatic N) is 1. The first-order valence-electron chi connectivity index (χ1n) is 4.08. The van der Waals surface area contributed by atoms with Gasteiger partial charge in [-0.15, -0.1) is 0 Å². The molecule has 0 aromatic carbocycles. The number of hydrogen-bond donors (Lipinski definition) is 1. The van der Waals surface area contributed by atoms with Gasteiger partial charge in [0.2, 0.25) is 0 Å². The van der Waals surface area contributed by atoms with Crippen LogP contribution in [0.2, 0.25) is 0 Å². The van der Waals surface area contributed by atoms with E-state index in [1.807, 2.05) is 33.2 Å². The van der Waals surface area contributed by atoms with Crippen LogP contribution in [0.1, 0.15) is 18.7 Å². The fourth-order valence-corrected chi connectivity index (χ4v) is 1.44.